The van der Waals surface area contributed by atoms with Crippen LogP contribution in [0.25, 0.3) is 0 Å². The third-order valence-electron chi connectivity index (χ3n) is 4.83. The van der Waals surface area contributed by atoms with E-state index in [2.05, 4.69) is 10.6 Å². The van der Waals surface area contributed by atoms with Gasteiger partial charge in [0.05, 0.1) is 19.8 Å². The minimum atomic E-state index is -0.904. The van der Waals surface area contributed by atoms with Crippen LogP contribution in [0.15, 0.2) is 24.3 Å². The third-order valence-corrected chi connectivity index (χ3v) is 6.19. The highest BCUT2D eigenvalue weighted by Gasteiger charge is 2.38. The number of nitrogens with zero attached hydrogens (tertiary/aromatic N) is 2. The van der Waals surface area contributed by atoms with Crippen LogP contribution in [0.2, 0.25) is 0 Å². The topological polar surface area (TPSA) is 128 Å². The van der Waals surface area contributed by atoms with Crippen LogP contribution in [-0.2, 0) is 25.7 Å². The molecule has 32 heavy (non-hydrogen) atoms. The van der Waals surface area contributed by atoms with Gasteiger partial charge < -0.3 is 30.3 Å². The van der Waals surface area contributed by atoms with E-state index in [1.54, 1.807) is 14.2 Å². The van der Waals surface area contributed by atoms with Crippen molar-refractivity contribution < 1.29 is 29.0 Å². The number of aliphatic hydroxyl groups is 1. The smallest absolute Gasteiger partial charge is 0.253 e. The van der Waals surface area contributed by atoms with Crippen LogP contribution in [-0.4, -0.2) is 89.1 Å². The first-order valence-corrected chi connectivity index (χ1v) is 11.2. The summed E-state index contributed by atoms with van der Waals surface area (Å²) in [5, 5.41) is 14.1. The number of β-amino-alcohol motifs (C(OH)–C–C–N with tert-alkyl or cyclic N) is 1. The van der Waals surface area contributed by atoms with E-state index in [9.17, 15) is 24.3 Å². The molecule has 0 unspecified atom stereocenters. The minimum Gasteiger partial charge on any atom is -0.497 e. The summed E-state index contributed by atoms with van der Waals surface area (Å²) in [6.07, 6.45) is -0.784. The number of hydrogen-bond donors (Lipinski definition) is 3. The first-order chi connectivity index (χ1) is 15.1. The molecule has 0 bridgehead atoms. The van der Waals surface area contributed by atoms with Crippen LogP contribution in [0.1, 0.15) is 19.4 Å². The average molecular weight is 467 g/mol. The van der Waals surface area contributed by atoms with E-state index in [-0.39, 0.29) is 30.7 Å². The lowest BCUT2D eigenvalue weighted by atomic mass is 10.2. The molecule has 0 aromatic heterocycles. The standard InChI is InChI=1S/C21H30N4O6S/c1-13(23-14(2)26)20(30)25-11-16(27)12-32-21(25)19(29)22-9-18(28)24(3)10-15-6-5-7-17(8-15)31-4/h5-8,13,16,21,27H,9-12H2,1-4H3,(H,22,29)(H,23,26)/t13-,16-,21-/m0/s1. The van der Waals surface area contributed by atoms with Crippen molar-refractivity contribution in [2.24, 2.45) is 0 Å². The average Bonchev–Trinajstić information content (AvgIpc) is 2.76. The number of carbonyl (C=O) groups is 4. The Labute approximate surface area is 191 Å². The Morgan fingerprint density at radius 2 is 2.06 bits per heavy atom. The van der Waals surface area contributed by atoms with E-state index in [0.29, 0.717) is 12.3 Å². The van der Waals surface area contributed by atoms with Crippen LogP contribution in [0.5, 0.6) is 5.75 Å². The van der Waals surface area contributed by atoms with Crippen LogP contribution >= 0.6 is 11.8 Å². The van der Waals surface area contributed by atoms with Gasteiger partial charge in [-0.3, -0.25) is 19.2 Å². The van der Waals surface area contributed by atoms with E-state index < -0.39 is 29.3 Å². The predicted octanol–water partition coefficient (Wildman–Crippen LogP) is -0.443. The second kappa shape index (κ2) is 11.7. The summed E-state index contributed by atoms with van der Waals surface area (Å²) in [6, 6.07) is 6.49. The lowest BCUT2D eigenvalue weighted by Crippen LogP contribution is -2.58. The van der Waals surface area contributed by atoms with E-state index in [0.717, 1.165) is 17.3 Å². The van der Waals surface area contributed by atoms with Crippen molar-refractivity contribution in [2.75, 3.05) is 33.0 Å². The van der Waals surface area contributed by atoms with Crippen molar-refractivity contribution >= 4 is 35.4 Å². The number of thioether (sulfide) groups is 1. The van der Waals surface area contributed by atoms with Crippen molar-refractivity contribution in [3.8, 4) is 5.75 Å². The molecule has 1 aliphatic rings. The number of likely N-dealkylation sites (N-methyl/N-ethyl adjacent to an activating group) is 1. The monoisotopic (exact) mass is 466 g/mol. The number of aliphatic hydroxyl groups excluding tert-OH is 1. The van der Waals surface area contributed by atoms with Crippen LogP contribution < -0.4 is 15.4 Å². The van der Waals surface area contributed by atoms with Gasteiger partial charge in [-0.05, 0) is 24.6 Å². The minimum absolute atomic E-state index is 0.0302. The summed E-state index contributed by atoms with van der Waals surface area (Å²) in [5.74, 6) is -0.693. The second-order valence-electron chi connectivity index (χ2n) is 7.57. The molecular formula is C21H30N4O6S. The quantitative estimate of drug-likeness (QED) is 0.474. The number of nitrogens with one attached hydrogen (secondary N) is 2. The molecule has 10 nitrogen and oxygen atoms in total. The molecule has 1 aliphatic heterocycles. The first-order valence-electron chi connectivity index (χ1n) is 10.1. The molecule has 3 N–H and O–H groups in total. The van der Waals surface area contributed by atoms with Gasteiger partial charge in [0.15, 0.2) is 5.37 Å². The Morgan fingerprint density at radius 3 is 2.72 bits per heavy atom. The summed E-state index contributed by atoms with van der Waals surface area (Å²) in [6.45, 7) is 2.89. The van der Waals surface area contributed by atoms with Gasteiger partial charge in [0.2, 0.25) is 17.7 Å². The van der Waals surface area contributed by atoms with Gasteiger partial charge in [-0.2, -0.15) is 0 Å². The molecule has 4 amide bonds. The molecular weight excluding hydrogens is 436 g/mol. The van der Waals surface area contributed by atoms with E-state index in [1.165, 1.54) is 23.6 Å². The highest BCUT2D eigenvalue weighted by Crippen LogP contribution is 2.24. The summed E-state index contributed by atoms with van der Waals surface area (Å²) in [7, 11) is 3.20. The first kappa shape index (κ1) is 25.5. The van der Waals surface area contributed by atoms with Crippen molar-refractivity contribution in [1.82, 2.24) is 20.4 Å². The van der Waals surface area contributed by atoms with Gasteiger partial charge in [-0.1, -0.05) is 12.1 Å². The molecule has 1 aromatic carbocycles. The zero-order valence-electron chi connectivity index (χ0n) is 18.7. The number of rotatable bonds is 8. The van der Waals surface area contributed by atoms with Gasteiger partial charge in [0, 0.05) is 32.8 Å². The molecule has 0 saturated carbocycles. The number of carbonyl (C=O) groups excluding carboxylic acids is 4. The zero-order valence-corrected chi connectivity index (χ0v) is 19.5. The highest BCUT2D eigenvalue weighted by molar-refractivity contribution is 8.00. The van der Waals surface area contributed by atoms with Gasteiger partial charge in [0.25, 0.3) is 5.91 Å². The van der Waals surface area contributed by atoms with Gasteiger partial charge in [-0.15, -0.1) is 11.8 Å². The number of hydrogen-bond acceptors (Lipinski definition) is 7. The Kier molecular flexibility index (Phi) is 9.33. The largest absolute Gasteiger partial charge is 0.497 e. The molecule has 0 radical (unpaired) electrons. The van der Waals surface area contributed by atoms with Crippen molar-refractivity contribution in [1.29, 1.82) is 0 Å². The molecule has 1 heterocycles. The Balaban J connectivity index is 1.95. The predicted molar refractivity (Wildman–Crippen MR) is 120 cm³/mol. The fourth-order valence-electron chi connectivity index (χ4n) is 3.22. The molecule has 0 aliphatic carbocycles. The van der Waals surface area contributed by atoms with Crippen LogP contribution in [0, 0.1) is 0 Å². The zero-order chi connectivity index (χ0) is 23.8. The van der Waals surface area contributed by atoms with Gasteiger partial charge in [-0.25, -0.2) is 0 Å². The lowest BCUT2D eigenvalue weighted by Gasteiger charge is -2.37. The fourth-order valence-corrected chi connectivity index (χ4v) is 4.34. The van der Waals surface area contributed by atoms with E-state index in [1.807, 2.05) is 24.3 Å². The fraction of sp³-hybridized carbons (Fsp3) is 0.524. The Morgan fingerprint density at radius 1 is 1.34 bits per heavy atom. The molecule has 176 valence electrons. The lowest BCUT2D eigenvalue weighted by molar-refractivity contribution is -0.142. The number of methoxy groups -OCH3 is 1. The Bertz CT molecular complexity index is 851. The summed E-state index contributed by atoms with van der Waals surface area (Å²) >= 11 is 1.11. The molecule has 1 saturated heterocycles. The molecule has 11 heteroatoms. The number of amides is 4. The molecule has 2 rings (SSSR count). The van der Waals surface area contributed by atoms with Crippen LogP contribution in [0.3, 0.4) is 0 Å². The second-order valence-corrected chi connectivity index (χ2v) is 8.68. The van der Waals surface area contributed by atoms with E-state index >= 15 is 0 Å². The van der Waals surface area contributed by atoms with Gasteiger partial charge in [0.1, 0.15) is 11.8 Å². The summed E-state index contributed by atoms with van der Waals surface area (Å²) < 4.78 is 5.18. The normalized spacial score (nSPS) is 19.0. The maximum atomic E-state index is 12.8. The molecule has 1 fully saturated rings. The van der Waals surface area contributed by atoms with Crippen molar-refractivity contribution in [2.45, 2.75) is 37.9 Å². The van der Waals surface area contributed by atoms with Gasteiger partial charge >= 0.3 is 0 Å². The highest BCUT2D eigenvalue weighted by atomic mass is 32.2. The SMILES string of the molecule is COc1cccc(CN(C)C(=O)CNC(=O)[C@@H]2SC[C@@H](O)CN2C(=O)[C@H](C)NC(C)=O)c1. The number of benzene rings is 1. The summed E-state index contributed by atoms with van der Waals surface area (Å²) in [4.78, 5) is 51.9. The van der Waals surface area contributed by atoms with Crippen molar-refractivity contribution in [3.05, 3.63) is 29.8 Å². The Hall–Kier alpha value is -2.79. The maximum Gasteiger partial charge on any atom is 0.253 e. The van der Waals surface area contributed by atoms with E-state index in [4.69, 9.17) is 4.74 Å². The van der Waals surface area contributed by atoms with Crippen molar-refractivity contribution in [3.63, 3.8) is 0 Å². The van der Waals surface area contributed by atoms with Crippen LogP contribution in [0.4, 0.5) is 0 Å². The molecule has 3 atom stereocenters. The molecule has 1 aromatic rings. The third kappa shape index (κ3) is 7.13. The number of ether oxygens (including phenoxy) is 1. The maximum absolute atomic E-state index is 12.8. The summed E-state index contributed by atoms with van der Waals surface area (Å²) in [5.41, 5.74) is 0.882. The molecule has 0 spiro atoms.